The second-order valence-corrected chi connectivity index (χ2v) is 7.47. The number of fused-ring (bicyclic) bond motifs is 1. The number of pyridine rings is 2. The lowest BCUT2D eigenvalue weighted by molar-refractivity contribution is -0.129. The van der Waals surface area contributed by atoms with E-state index in [-0.39, 0.29) is 5.91 Å². The fourth-order valence-electron chi connectivity index (χ4n) is 3.72. The summed E-state index contributed by atoms with van der Waals surface area (Å²) in [5, 5.41) is 7.87. The van der Waals surface area contributed by atoms with Gasteiger partial charge in [0.25, 0.3) is 0 Å². The normalized spacial score (nSPS) is 14.1. The zero-order chi connectivity index (χ0) is 21.2. The summed E-state index contributed by atoms with van der Waals surface area (Å²) in [6.07, 6.45) is 3.46. The number of aromatic nitrogens is 4. The summed E-state index contributed by atoms with van der Waals surface area (Å²) in [6.45, 7) is 4.66. The van der Waals surface area contributed by atoms with Crippen molar-refractivity contribution in [2.24, 2.45) is 0 Å². The van der Waals surface area contributed by atoms with Gasteiger partial charge in [-0.15, -0.1) is 0 Å². The largest absolute Gasteiger partial charge is 0.439 e. The van der Waals surface area contributed by atoms with Gasteiger partial charge < -0.3 is 14.5 Å². The Bertz CT molecular complexity index is 1200. The van der Waals surface area contributed by atoms with E-state index >= 15 is 0 Å². The van der Waals surface area contributed by atoms with Crippen LogP contribution in [-0.2, 0) is 4.79 Å². The third-order valence-electron chi connectivity index (χ3n) is 5.47. The molecule has 1 aliphatic rings. The van der Waals surface area contributed by atoms with Gasteiger partial charge in [-0.1, -0.05) is 0 Å². The van der Waals surface area contributed by atoms with E-state index in [4.69, 9.17) is 9.72 Å². The lowest BCUT2D eigenvalue weighted by Crippen LogP contribution is -2.48. The van der Waals surface area contributed by atoms with Crippen LogP contribution in [-0.4, -0.2) is 57.2 Å². The predicted octanol–water partition coefficient (Wildman–Crippen LogP) is 3.48. The number of carbonyl (C=O) groups is 1. The molecule has 5 rings (SSSR count). The number of aromatic amines is 1. The minimum absolute atomic E-state index is 0.129. The number of carbonyl (C=O) groups excluding carboxylic acids is 1. The first-order valence-electron chi connectivity index (χ1n) is 10.2. The third kappa shape index (κ3) is 4.05. The van der Waals surface area contributed by atoms with Gasteiger partial charge in [-0.25, -0.2) is 9.97 Å². The molecule has 0 aliphatic carbocycles. The Hall–Kier alpha value is -3.94. The number of H-pyrrole nitrogens is 1. The Morgan fingerprint density at radius 3 is 2.61 bits per heavy atom. The molecule has 1 aliphatic heterocycles. The van der Waals surface area contributed by atoms with Gasteiger partial charge in [-0.2, -0.15) is 5.10 Å². The number of nitrogens with one attached hydrogen (secondary N) is 1. The number of hydrogen-bond donors (Lipinski definition) is 1. The number of nitrogens with zero attached hydrogens (tertiary/aromatic N) is 5. The first-order valence-corrected chi connectivity index (χ1v) is 10.2. The van der Waals surface area contributed by atoms with E-state index in [2.05, 4.69) is 26.1 Å². The molecular formula is C23H22N6O2. The van der Waals surface area contributed by atoms with Crippen LogP contribution in [0.1, 0.15) is 6.92 Å². The highest BCUT2D eigenvalue weighted by molar-refractivity contribution is 5.82. The van der Waals surface area contributed by atoms with E-state index < -0.39 is 0 Å². The summed E-state index contributed by atoms with van der Waals surface area (Å²) >= 11 is 0. The summed E-state index contributed by atoms with van der Waals surface area (Å²) in [5.41, 5.74) is 2.76. The van der Waals surface area contributed by atoms with Crippen molar-refractivity contribution in [3.05, 3.63) is 60.9 Å². The van der Waals surface area contributed by atoms with Gasteiger partial charge in [0.2, 0.25) is 11.8 Å². The van der Waals surface area contributed by atoms with E-state index in [1.807, 2.05) is 47.4 Å². The van der Waals surface area contributed by atoms with Gasteiger partial charge in [0.1, 0.15) is 11.6 Å². The molecule has 0 atom stereocenters. The Labute approximate surface area is 179 Å². The number of benzene rings is 1. The number of rotatable bonds is 4. The quantitative estimate of drug-likeness (QED) is 0.550. The van der Waals surface area contributed by atoms with Crippen molar-refractivity contribution in [1.82, 2.24) is 25.1 Å². The van der Waals surface area contributed by atoms with Crippen LogP contribution in [0.2, 0.25) is 0 Å². The lowest BCUT2D eigenvalue weighted by atomic mass is 10.2. The average Bonchev–Trinajstić information content (AvgIpc) is 3.34. The van der Waals surface area contributed by atoms with Gasteiger partial charge in [-0.05, 0) is 42.5 Å². The van der Waals surface area contributed by atoms with Crippen LogP contribution in [0.3, 0.4) is 0 Å². The second-order valence-electron chi connectivity index (χ2n) is 7.47. The minimum atomic E-state index is 0.129. The Morgan fingerprint density at radius 2 is 1.90 bits per heavy atom. The van der Waals surface area contributed by atoms with Crippen molar-refractivity contribution in [1.29, 1.82) is 0 Å². The van der Waals surface area contributed by atoms with Crippen LogP contribution in [0.4, 0.5) is 5.82 Å². The molecule has 1 amide bonds. The van der Waals surface area contributed by atoms with E-state index in [0.717, 1.165) is 54.2 Å². The van der Waals surface area contributed by atoms with E-state index in [1.165, 1.54) is 0 Å². The highest BCUT2D eigenvalue weighted by Crippen LogP contribution is 2.27. The van der Waals surface area contributed by atoms with Gasteiger partial charge in [0.15, 0.2) is 0 Å². The molecule has 3 aromatic heterocycles. The molecule has 0 radical (unpaired) electrons. The van der Waals surface area contributed by atoms with Gasteiger partial charge in [-0.3, -0.25) is 9.89 Å². The maximum Gasteiger partial charge on any atom is 0.219 e. The molecule has 1 N–H and O–H groups in total. The minimum Gasteiger partial charge on any atom is -0.439 e. The monoisotopic (exact) mass is 414 g/mol. The third-order valence-corrected chi connectivity index (χ3v) is 5.47. The van der Waals surface area contributed by atoms with E-state index in [0.29, 0.717) is 11.6 Å². The molecule has 0 bridgehead atoms. The summed E-state index contributed by atoms with van der Waals surface area (Å²) in [7, 11) is 0. The standard InChI is InChI=1S/C23H22N6O2/c1-16(30)28-10-12-29(13-11-28)22-6-2-17-14-19(4-5-20(17)26-22)31-23-7-3-18(15-24-23)21-8-9-25-27-21/h2-9,14-15H,10-13H2,1H3,(H,25,27). The molecule has 1 aromatic carbocycles. The van der Waals surface area contributed by atoms with Crippen molar-refractivity contribution < 1.29 is 9.53 Å². The van der Waals surface area contributed by atoms with Crippen LogP contribution < -0.4 is 9.64 Å². The SMILES string of the molecule is CC(=O)N1CCN(c2ccc3cc(Oc4ccc(-c5ccn[nH]5)cn4)ccc3n2)CC1. The highest BCUT2D eigenvalue weighted by atomic mass is 16.5. The zero-order valence-corrected chi connectivity index (χ0v) is 17.2. The fourth-order valence-corrected chi connectivity index (χ4v) is 3.72. The predicted molar refractivity (Wildman–Crippen MR) is 118 cm³/mol. The van der Waals surface area contributed by atoms with Crippen molar-refractivity contribution in [3.8, 4) is 22.9 Å². The zero-order valence-electron chi connectivity index (χ0n) is 17.2. The molecule has 8 nitrogen and oxygen atoms in total. The summed E-state index contributed by atoms with van der Waals surface area (Å²) in [6, 6.07) is 15.6. The summed E-state index contributed by atoms with van der Waals surface area (Å²) in [4.78, 5) is 24.8. The first kappa shape index (κ1) is 19.0. The van der Waals surface area contributed by atoms with E-state index in [1.54, 1.807) is 19.3 Å². The summed E-state index contributed by atoms with van der Waals surface area (Å²) < 4.78 is 5.93. The number of amides is 1. The molecule has 0 unspecified atom stereocenters. The highest BCUT2D eigenvalue weighted by Gasteiger charge is 2.19. The van der Waals surface area contributed by atoms with Crippen molar-refractivity contribution in [3.63, 3.8) is 0 Å². The maximum absolute atomic E-state index is 11.5. The Kier molecular flexibility index (Phi) is 4.95. The molecule has 1 fully saturated rings. The number of piperazine rings is 1. The molecule has 156 valence electrons. The Morgan fingerprint density at radius 1 is 1.03 bits per heavy atom. The van der Waals surface area contributed by atoms with Gasteiger partial charge in [0.05, 0.1) is 11.2 Å². The van der Waals surface area contributed by atoms with Gasteiger partial charge >= 0.3 is 0 Å². The number of ether oxygens (including phenoxy) is 1. The Balaban J connectivity index is 1.29. The van der Waals surface area contributed by atoms with Crippen LogP contribution in [0, 0.1) is 0 Å². The van der Waals surface area contributed by atoms with Crippen molar-refractivity contribution >= 4 is 22.6 Å². The topological polar surface area (TPSA) is 87.2 Å². The molecular weight excluding hydrogens is 392 g/mol. The number of anilines is 1. The molecule has 0 spiro atoms. The first-order chi connectivity index (χ1) is 15.2. The molecule has 8 heteroatoms. The van der Waals surface area contributed by atoms with Crippen molar-refractivity contribution in [2.45, 2.75) is 6.92 Å². The van der Waals surface area contributed by atoms with Crippen LogP contribution >= 0.6 is 0 Å². The molecule has 1 saturated heterocycles. The lowest BCUT2D eigenvalue weighted by Gasteiger charge is -2.35. The summed E-state index contributed by atoms with van der Waals surface area (Å²) in [5.74, 6) is 2.29. The maximum atomic E-state index is 11.5. The number of hydrogen-bond acceptors (Lipinski definition) is 6. The van der Waals surface area contributed by atoms with E-state index in [9.17, 15) is 4.79 Å². The molecule has 31 heavy (non-hydrogen) atoms. The van der Waals surface area contributed by atoms with Gasteiger partial charge in [0, 0.05) is 62.5 Å². The smallest absolute Gasteiger partial charge is 0.219 e. The van der Waals surface area contributed by atoms with Crippen LogP contribution in [0.15, 0.2) is 60.9 Å². The average molecular weight is 414 g/mol. The fraction of sp³-hybridized carbons (Fsp3) is 0.217. The van der Waals surface area contributed by atoms with Crippen molar-refractivity contribution in [2.75, 3.05) is 31.1 Å². The molecule has 4 heterocycles. The molecule has 4 aromatic rings. The van der Waals surface area contributed by atoms with Crippen LogP contribution in [0.5, 0.6) is 11.6 Å². The second kappa shape index (κ2) is 8.06. The van der Waals surface area contributed by atoms with Crippen LogP contribution in [0.25, 0.3) is 22.2 Å². The molecule has 0 saturated carbocycles.